The van der Waals surface area contributed by atoms with Crippen molar-refractivity contribution < 1.29 is 33.7 Å². The average Bonchev–Trinajstić information content (AvgIpc) is 2.69. The molecule has 3 saturated heterocycles. The number of hydrogen-bond acceptors (Lipinski definition) is 7. The fourth-order valence-corrected chi connectivity index (χ4v) is 4.47. The highest BCUT2D eigenvalue weighted by atomic mass is 16.5. The Hall–Kier alpha value is -2.85. The van der Waals surface area contributed by atoms with Gasteiger partial charge in [-0.3, -0.25) is 14.4 Å². The van der Waals surface area contributed by atoms with Crippen LogP contribution in [0.25, 0.3) is 0 Å². The van der Waals surface area contributed by atoms with Gasteiger partial charge in [0.15, 0.2) is 17.6 Å². The Labute approximate surface area is 174 Å². The van der Waals surface area contributed by atoms with Crippen LogP contribution in [0.15, 0.2) is 18.2 Å². The highest BCUT2D eigenvalue weighted by molar-refractivity contribution is 5.87. The molecule has 2 amide bonds. The molecule has 2 atom stereocenters. The minimum atomic E-state index is -0.740. The number of nitrogens with zero attached hydrogens (tertiary/aromatic N) is 2. The zero-order valence-corrected chi connectivity index (χ0v) is 17.3. The van der Waals surface area contributed by atoms with Gasteiger partial charge in [-0.2, -0.15) is 0 Å². The summed E-state index contributed by atoms with van der Waals surface area (Å²) in [6, 6.07) is 4.80. The summed E-state index contributed by atoms with van der Waals surface area (Å²) in [5.74, 6) is 0.821. The first kappa shape index (κ1) is 21.8. The average molecular weight is 421 g/mol. The van der Waals surface area contributed by atoms with Crippen LogP contribution in [0.3, 0.4) is 0 Å². The molecule has 2 N–H and O–H groups in total. The third-order valence-electron chi connectivity index (χ3n) is 5.60. The number of morpholine rings is 1. The van der Waals surface area contributed by atoms with E-state index >= 15 is 0 Å². The van der Waals surface area contributed by atoms with Gasteiger partial charge in [0.2, 0.25) is 5.91 Å². The summed E-state index contributed by atoms with van der Waals surface area (Å²) in [5, 5.41) is 9.78. The van der Waals surface area contributed by atoms with E-state index < -0.39 is 12.1 Å². The molecule has 1 aromatic rings. The van der Waals surface area contributed by atoms with E-state index in [9.17, 15) is 9.59 Å². The second-order valence-electron chi connectivity index (χ2n) is 7.86. The van der Waals surface area contributed by atoms with Crippen LogP contribution < -0.4 is 14.8 Å². The highest BCUT2D eigenvalue weighted by Gasteiger charge is 2.53. The molecule has 0 aliphatic carbocycles. The Morgan fingerprint density at radius 1 is 1.23 bits per heavy atom. The fraction of sp³-hybridized carbons (Fsp3) is 0.550. The summed E-state index contributed by atoms with van der Waals surface area (Å²) in [6.45, 7) is 3.20. The van der Waals surface area contributed by atoms with Crippen molar-refractivity contribution in [2.24, 2.45) is 5.41 Å². The monoisotopic (exact) mass is 421 g/mol. The molecule has 3 aliphatic rings. The number of carboxylic acid groups (broad SMARTS) is 1. The lowest BCUT2D eigenvalue weighted by Gasteiger charge is -2.60. The van der Waals surface area contributed by atoms with Crippen LogP contribution in [-0.2, 0) is 19.1 Å². The topological polar surface area (TPSA) is 118 Å². The third kappa shape index (κ3) is 4.19. The van der Waals surface area contributed by atoms with Gasteiger partial charge >= 0.3 is 0 Å². The molecule has 3 fully saturated rings. The van der Waals surface area contributed by atoms with Crippen molar-refractivity contribution >= 4 is 18.3 Å². The van der Waals surface area contributed by atoms with Crippen LogP contribution in [0.5, 0.6) is 11.5 Å². The van der Waals surface area contributed by atoms with Crippen LogP contribution >= 0.6 is 0 Å². The van der Waals surface area contributed by atoms with E-state index in [1.807, 2.05) is 11.0 Å². The molecule has 30 heavy (non-hydrogen) atoms. The Bertz CT molecular complexity index is 802. The molecule has 1 aromatic carbocycles. The molecule has 164 valence electrons. The molecule has 0 saturated carbocycles. The number of ether oxygens (including phenoxy) is 3. The summed E-state index contributed by atoms with van der Waals surface area (Å²) >= 11 is 0. The van der Waals surface area contributed by atoms with Crippen LogP contribution in [0.1, 0.15) is 11.6 Å². The lowest BCUT2D eigenvalue weighted by atomic mass is 9.73. The molecule has 3 heterocycles. The van der Waals surface area contributed by atoms with E-state index in [1.165, 1.54) is 0 Å². The van der Waals surface area contributed by atoms with Crippen molar-refractivity contribution in [3.8, 4) is 11.5 Å². The maximum absolute atomic E-state index is 13.0. The van der Waals surface area contributed by atoms with Crippen LogP contribution in [0.2, 0.25) is 0 Å². The number of rotatable bonds is 4. The molecular formula is C20H27N3O7. The van der Waals surface area contributed by atoms with Gasteiger partial charge in [0.1, 0.15) is 6.61 Å². The Kier molecular flexibility index (Phi) is 6.47. The first-order chi connectivity index (χ1) is 14.4. The SMILES string of the molecule is COc1ccc([C@H]2NC(=O)CO[C@@H]2C(=O)N2CC3(CN(C)C3)C2)cc1OC.O=CO. The second-order valence-corrected chi connectivity index (χ2v) is 7.86. The summed E-state index contributed by atoms with van der Waals surface area (Å²) in [6.07, 6.45) is -0.740. The number of hydrogen-bond donors (Lipinski definition) is 2. The standard InChI is InChI=1S/C19H25N3O5.CH2O2/c1-21-8-19(9-21)10-22(11-19)18(24)17-16(20-15(23)7-27-17)12-4-5-13(25-2)14(6-12)26-3;2-1-3/h4-6,16-17H,7-11H2,1-3H3,(H,20,23);1H,(H,2,3)/t16-,17+;/m1./s1. The second kappa shape index (κ2) is 8.88. The van der Waals surface area contributed by atoms with Crippen molar-refractivity contribution in [3.63, 3.8) is 0 Å². The zero-order valence-electron chi connectivity index (χ0n) is 17.3. The van der Waals surface area contributed by atoms with Crippen molar-refractivity contribution in [1.29, 1.82) is 0 Å². The van der Waals surface area contributed by atoms with Crippen molar-refractivity contribution in [1.82, 2.24) is 15.1 Å². The molecule has 0 aromatic heterocycles. The number of carbonyl (C=O) groups is 3. The van der Waals surface area contributed by atoms with Crippen LogP contribution in [0, 0.1) is 5.41 Å². The molecule has 10 heteroatoms. The normalized spacial score (nSPS) is 24.5. The van der Waals surface area contributed by atoms with E-state index in [4.69, 9.17) is 24.1 Å². The number of likely N-dealkylation sites (tertiary alicyclic amines) is 2. The number of benzene rings is 1. The van der Waals surface area contributed by atoms with Gasteiger partial charge in [0.25, 0.3) is 12.4 Å². The predicted molar refractivity (Wildman–Crippen MR) is 105 cm³/mol. The lowest BCUT2D eigenvalue weighted by molar-refractivity contribution is -0.174. The maximum Gasteiger partial charge on any atom is 0.290 e. The minimum Gasteiger partial charge on any atom is -0.493 e. The van der Waals surface area contributed by atoms with E-state index in [-0.39, 0.29) is 30.3 Å². The summed E-state index contributed by atoms with van der Waals surface area (Å²) in [5.41, 5.74) is 0.999. The number of amides is 2. The fourth-order valence-electron chi connectivity index (χ4n) is 4.47. The largest absolute Gasteiger partial charge is 0.493 e. The lowest BCUT2D eigenvalue weighted by Crippen LogP contribution is -2.73. The molecule has 3 aliphatic heterocycles. The molecule has 1 spiro atoms. The number of nitrogens with one attached hydrogen (secondary N) is 1. The molecule has 0 unspecified atom stereocenters. The third-order valence-corrected chi connectivity index (χ3v) is 5.60. The van der Waals surface area contributed by atoms with E-state index in [0.29, 0.717) is 11.5 Å². The first-order valence-electron chi connectivity index (χ1n) is 9.54. The van der Waals surface area contributed by atoms with Crippen LogP contribution in [0.4, 0.5) is 0 Å². The van der Waals surface area contributed by atoms with Gasteiger partial charge in [0.05, 0.1) is 20.3 Å². The van der Waals surface area contributed by atoms with Gasteiger partial charge in [-0.1, -0.05) is 6.07 Å². The maximum atomic E-state index is 13.0. The Morgan fingerprint density at radius 3 is 2.43 bits per heavy atom. The highest BCUT2D eigenvalue weighted by Crippen LogP contribution is 2.40. The zero-order chi connectivity index (χ0) is 21.9. The quantitative estimate of drug-likeness (QED) is 0.639. The minimum absolute atomic E-state index is 0.0741. The van der Waals surface area contributed by atoms with Crippen molar-refractivity contribution in [2.45, 2.75) is 12.1 Å². The molecule has 0 radical (unpaired) electrons. The molecule has 0 bridgehead atoms. The molecule has 4 rings (SSSR count). The number of methoxy groups -OCH3 is 2. The summed E-state index contributed by atoms with van der Waals surface area (Å²) < 4.78 is 16.3. The summed E-state index contributed by atoms with van der Waals surface area (Å²) in [7, 11) is 5.20. The van der Waals surface area contributed by atoms with Gasteiger partial charge in [-0.15, -0.1) is 0 Å². The molecule has 10 nitrogen and oxygen atoms in total. The smallest absolute Gasteiger partial charge is 0.290 e. The molecular weight excluding hydrogens is 394 g/mol. The Morgan fingerprint density at radius 2 is 1.87 bits per heavy atom. The van der Waals surface area contributed by atoms with Crippen molar-refractivity contribution in [3.05, 3.63) is 23.8 Å². The summed E-state index contributed by atoms with van der Waals surface area (Å²) in [4.78, 5) is 37.4. The van der Waals surface area contributed by atoms with Gasteiger partial charge in [-0.25, -0.2) is 0 Å². The van der Waals surface area contributed by atoms with E-state index in [0.717, 1.165) is 31.7 Å². The first-order valence-corrected chi connectivity index (χ1v) is 9.54. The van der Waals surface area contributed by atoms with Gasteiger partial charge < -0.3 is 34.4 Å². The van der Waals surface area contributed by atoms with Gasteiger partial charge in [-0.05, 0) is 24.7 Å². The van der Waals surface area contributed by atoms with E-state index in [1.54, 1.807) is 26.4 Å². The van der Waals surface area contributed by atoms with E-state index in [2.05, 4.69) is 17.3 Å². The predicted octanol–water partition coefficient (Wildman–Crippen LogP) is -0.265. The van der Waals surface area contributed by atoms with Crippen LogP contribution in [-0.4, -0.2) is 93.4 Å². The van der Waals surface area contributed by atoms with Gasteiger partial charge in [0, 0.05) is 31.6 Å². The number of carbonyl (C=O) groups excluding carboxylic acids is 2. The van der Waals surface area contributed by atoms with Crippen molar-refractivity contribution in [2.75, 3.05) is 54.1 Å². The Balaban J connectivity index is 0.000000806.